The summed E-state index contributed by atoms with van der Waals surface area (Å²) in [6.45, 7) is 6.79. The van der Waals surface area contributed by atoms with Gasteiger partial charge in [-0.15, -0.1) is 11.3 Å². The molecule has 1 saturated heterocycles. The standard InChI is InChI=1S/C15H21NO4S/c1-15(2,3)11-8-9(14(18)19-4)13(21-11)16-12(17)10-6-5-7-20-10/h8,10H,5-7H2,1-4H3,(H,16,17). The number of thiophene rings is 1. The molecular formula is C15H21NO4S. The molecule has 1 aliphatic rings. The number of anilines is 1. The summed E-state index contributed by atoms with van der Waals surface area (Å²) in [4.78, 5) is 25.1. The van der Waals surface area contributed by atoms with E-state index in [2.05, 4.69) is 26.1 Å². The Hall–Kier alpha value is -1.40. The van der Waals surface area contributed by atoms with Crippen LogP contribution in [0.25, 0.3) is 0 Å². The van der Waals surface area contributed by atoms with E-state index in [0.717, 1.165) is 17.7 Å². The molecule has 0 aromatic carbocycles. The summed E-state index contributed by atoms with van der Waals surface area (Å²) < 4.78 is 10.2. The molecule has 1 aromatic rings. The number of nitrogens with one attached hydrogen (secondary N) is 1. The number of carbonyl (C=O) groups is 2. The third-order valence-electron chi connectivity index (χ3n) is 3.34. The van der Waals surface area contributed by atoms with Crippen molar-refractivity contribution >= 4 is 28.2 Å². The molecule has 1 aromatic heterocycles. The molecule has 0 spiro atoms. The Kier molecular flexibility index (Phi) is 4.68. The van der Waals surface area contributed by atoms with E-state index in [4.69, 9.17) is 9.47 Å². The largest absolute Gasteiger partial charge is 0.465 e. The summed E-state index contributed by atoms with van der Waals surface area (Å²) in [7, 11) is 1.34. The van der Waals surface area contributed by atoms with Gasteiger partial charge >= 0.3 is 5.97 Å². The Morgan fingerprint density at radius 3 is 2.67 bits per heavy atom. The van der Waals surface area contributed by atoms with Gasteiger partial charge in [-0.2, -0.15) is 0 Å². The summed E-state index contributed by atoms with van der Waals surface area (Å²) >= 11 is 1.41. The molecular weight excluding hydrogens is 290 g/mol. The van der Waals surface area contributed by atoms with Gasteiger partial charge in [0.15, 0.2) is 0 Å². The zero-order valence-corrected chi connectivity index (χ0v) is 13.6. The van der Waals surface area contributed by atoms with Crippen molar-refractivity contribution in [3.63, 3.8) is 0 Å². The van der Waals surface area contributed by atoms with Gasteiger partial charge in [0.2, 0.25) is 0 Å². The summed E-state index contributed by atoms with van der Waals surface area (Å²) in [5.74, 6) is -0.635. The molecule has 0 aliphatic carbocycles. The smallest absolute Gasteiger partial charge is 0.340 e. The van der Waals surface area contributed by atoms with Gasteiger partial charge in [0, 0.05) is 11.5 Å². The predicted molar refractivity (Wildman–Crippen MR) is 82.0 cm³/mol. The van der Waals surface area contributed by atoms with E-state index in [1.807, 2.05) is 0 Å². The summed E-state index contributed by atoms with van der Waals surface area (Å²) in [5, 5.41) is 3.35. The average Bonchev–Trinajstić information content (AvgIpc) is 3.06. The summed E-state index contributed by atoms with van der Waals surface area (Å²) in [5.41, 5.74) is 0.305. The second kappa shape index (κ2) is 6.15. The Labute approximate surface area is 128 Å². The number of rotatable bonds is 3. The van der Waals surface area contributed by atoms with Crippen LogP contribution < -0.4 is 5.32 Å². The van der Waals surface area contributed by atoms with Crippen molar-refractivity contribution in [1.82, 2.24) is 0 Å². The fraction of sp³-hybridized carbons (Fsp3) is 0.600. The minimum absolute atomic E-state index is 0.0970. The summed E-state index contributed by atoms with van der Waals surface area (Å²) in [6, 6.07) is 1.79. The molecule has 0 radical (unpaired) electrons. The topological polar surface area (TPSA) is 64.6 Å². The van der Waals surface area contributed by atoms with Crippen LogP contribution >= 0.6 is 11.3 Å². The first-order chi connectivity index (χ1) is 9.82. The zero-order valence-electron chi connectivity index (χ0n) is 12.8. The Morgan fingerprint density at radius 1 is 1.43 bits per heavy atom. The molecule has 21 heavy (non-hydrogen) atoms. The van der Waals surface area contributed by atoms with Crippen molar-refractivity contribution < 1.29 is 19.1 Å². The van der Waals surface area contributed by atoms with Crippen LogP contribution in [0.15, 0.2) is 6.07 Å². The first-order valence-corrected chi connectivity index (χ1v) is 7.79. The van der Waals surface area contributed by atoms with E-state index < -0.39 is 12.1 Å². The van der Waals surface area contributed by atoms with Crippen molar-refractivity contribution in [2.45, 2.75) is 45.1 Å². The van der Waals surface area contributed by atoms with Crippen molar-refractivity contribution in [3.05, 3.63) is 16.5 Å². The second-order valence-electron chi connectivity index (χ2n) is 6.09. The van der Waals surface area contributed by atoms with Gasteiger partial charge in [-0.3, -0.25) is 4.79 Å². The van der Waals surface area contributed by atoms with E-state index in [1.165, 1.54) is 18.4 Å². The van der Waals surface area contributed by atoms with Gasteiger partial charge < -0.3 is 14.8 Å². The number of esters is 1. The van der Waals surface area contributed by atoms with E-state index in [0.29, 0.717) is 17.2 Å². The number of methoxy groups -OCH3 is 1. The molecule has 5 nitrogen and oxygen atoms in total. The predicted octanol–water partition coefficient (Wildman–Crippen LogP) is 2.95. The molecule has 6 heteroatoms. The first-order valence-electron chi connectivity index (χ1n) is 6.98. The lowest BCUT2D eigenvalue weighted by Crippen LogP contribution is -2.27. The number of carbonyl (C=O) groups excluding carboxylic acids is 2. The van der Waals surface area contributed by atoms with Gasteiger partial charge in [0.1, 0.15) is 11.1 Å². The monoisotopic (exact) mass is 311 g/mol. The number of ether oxygens (including phenoxy) is 2. The second-order valence-corrected chi connectivity index (χ2v) is 7.14. The maximum atomic E-state index is 12.2. The van der Waals surface area contributed by atoms with Crippen molar-refractivity contribution in [3.8, 4) is 0 Å². The molecule has 2 heterocycles. The van der Waals surface area contributed by atoms with Crippen LogP contribution in [-0.4, -0.2) is 31.7 Å². The highest BCUT2D eigenvalue weighted by molar-refractivity contribution is 7.16. The van der Waals surface area contributed by atoms with Crippen LogP contribution in [-0.2, 0) is 19.7 Å². The number of amides is 1. The van der Waals surface area contributed by atoms with Crippen molar-refractivity contribution in [1.29, 1.82) is 0 Å². The van der Waals surface area contributed by atoms with Crippen molar-refractivity contribution in [2.75, 3.05) is 19.0 Å². The molecule has 1 N–H and O–H groups in total. The highest BCUT2D eigenvalue weighted by atomic mass is 32.1. The molecule has 0 bridgehead atoms. The lowest BCUT2D eigenvalue weighted by molar-refractivity contribution is -0.124. The molecule has 116 valence electrons. The molecule has 1 unspecified atom stereocenters. The Bertz CT molecular complexity index is 538. The van der Waals surface area contributed by atoms with Gasteiger partial charge in [-0.05, 0) is 24.3 Å². The third-order valence-corrected chi connectivity index (χ3v) is 4.81. The maximum Gasteiger partial charge on any atom is 0.340 e. The van der Waals surface area contributed by atoms with Crippen LogP contribution in [0, 0.1) is 0 Å². The molecule has 0 saturated carbocycles. The summed E-state index contributed by atoms with van der Waals surface area (Å²) in [6.07, 6.45) is 1.19. The van der Waals surface area contributed by atoms with E-state index in [-0.39, 0.29) is 11.3 Å². The van der Waals surface area contributed by atoms with Gasteiger partial charge in [-0.1, -0.05) is 20.8 Å². The van der Waals surface area contributed by atoms with Gasteiger partial charge in [0.25, 0.3) is 5.91 Å². The first kappa shape index (κ1) is 16.0. The normalized spacial score (nSPS) is 18.6. The number of hydrogen-bond donors (Lipinski definition) is 1. The highest BCUT2D eigenvalue weighted by Gasteiger charge is 2.28. The molecule has 1 atom stereocenters. The van der Waals surface area contributed by atoms with Crippen molar-refractivity contribution in [2.24, 2.45) is 0 Å². The highest BCUT2D eigenvalue weighted by Crippen LogP contribution is 2.36. The molecule has 1 aliphatic heterocycles. The maximum absolute atomic E-state index is 12.2. The Balaban J connectivity index is 2.25. The lowest BCUT2D eigenvalue weighted by Gasteiger charge is -2.15. The fourth-order valence-electron chi connectivity index (χ4n) is 2.09. The zero-order chi connectivity index (χ0) is 15.6. The molecule has 2 rings (SSSR count). The SMILES string of the molecule is COC(=O)c1cc(C(C)(C)C)sc1NC(=O)C1CCCO1. The van der Waals surface area contributed by atoms with Gasteiger partial charge in [0.05, 0.1) is 12.7 Å². The molecule has 1 amide bonds. The van der Waals surface area contributed by atoms with E-state index >= 15 is 0 Å². The van der Waals surface area contributed by atoms with Crippen LogP contribution in [0.1, 0.15) is 48.8 Å². The Morgan fingerprint density at radius 2 is 2.14 bits per heavy atom. The van der Waals surface area contributed by atoms with E-state index in [1.54, 1.807) is 6.07 Å². The quantitative estimate of drug-likeness (QED) is 0.872. The fourth-order valence-corrected chi connectivity index (χ4v) is 3.20. The van der Waals surface area contributed by atoms with Crippen LogP contribution in [0.2, 0.25) is 0 Å². The van der Waals surface area contributed by atoms with Crippen LogP contribution in [0.3, 0.4) is 0 Å². The minimum atomic E-state index is -0.440. The third kappa shape index (κ3) is 3.63. The number of hydrogen-bond acceptors (Lipinski definition) is 5. The average molecular weight is 311 g/mol. The molecule has 1 fully saturated rings. The van der Waals surface area contributed by atoms with Crippen LogP contribution in [0.5, 0.6) is 0 Å². The minimum Gasteiger partial charge on any atom is -0.465 e. The lowest BCUT2D eigenvalue weighted by atomic mass is 9.94. The van der Waals surface area contributed by atoms with Crippen LogP contribution in [0.4, 0.5) is 5.00 Å². The van der Waals surface area contributed by atoms with E-state index in [9.17, 15) is 9.59 Å². The van der Waals surface area contributed by atoms with Gasteiger partial charge in [-0.25, -0.2) is 4.79 Å².